The normalized spacial score (nSPS) is 13.9. The van der Waals surface area contributed by atoms with Crippen LogP contribution in [0.4, 0.5) is 0 Å². The molecule has 2 atom stereocenters. The Balaban J connectivity index is 2.35. The van der Waals surface area contributed by atoms with Crippen molar-refractivity contribution < 1.29 is 14.6 Å². The number of pyridine rings is 1. The highest BCUT2D eigenvalue weighted by Gasteiger charge is 2.15. The van der Waals surface area contributed by atoms with Gasteiger partial charge in [0.05, 0.1) is 24.3 Å². The van der Waals surface area contributed by atoms with E-state index in [1.807, 2.05) is 6.92 Å². The Labute approximate surface area is 118 Å². The lowest BCUT2D eigenvalue weighted by Gasteiger charge is -2.13. The zero-order valence-corrected chi connectivity index (χ0v) is 12.1. The van der Waals surface area contributed by atoms with E-state index in [0.29, 0.717) is 30.2 Å². The largest absolute Gasteiger partial charge is 0.466 e. The van der Waals surface area contributed by atoms with Gasteiger partial charge in [-0.1, -0.05) is 18.5 Å². The molecule has 0 aliphatic carbocycles. The fourth-order valence-corrected chi connectivity index (χ4v) is 1.94. The first-order valence-corrected chi connectivity index (χ1v) is 6.88. The Bertz CT molecular complexity index is 411. The van der Waals surface area contributed by atoms with Crippen LogP contribution in [0.25, 0.3) is 0 Å². The zero-order valence-electron chi connectivity index (χ0n) is 11.3. The van der Waals surface area contributed by atoms with Crippen molar-refractivity contribution in [2.24, 2.45) is 5.92 Å². The van der Waals surface area contributed by atoms with Gasteiger partial charge >= 0.3 is 5.97 Å². The Morgan fingerprint density at radius 1 is 1.53 bits per heavy atom. The van der Waals surface area contributed by atoms with Crippen LogP contribution in [0.5, 0.6) is 0 Å². The van der Waals surface area contributed by atoms with Crippen molar-refractivity contribution in [2.45, 2.75) is 39.2 Å². The summed E-state index contributed by atoms with van der Waals surface area (Å²) in [5.41, 5.74) is 0.566. The van der Waals surface area contributed by atoms with Crippen molar-refractivity contribution in [1.29, 1.82) is 0 Å². The van der Waals surface area contributed by atoms with Gasteiger partial charge in [0.1, 0.15) is 0 Å². The summed E-state index contributed by atoms with van der Waals surface area (Å²) >= 11 is 5.84. The molecule has 1 heterocycles. The summed E-state index contributed by atoms with van der Waals surface area (Å²) in [4.78, 5) is 15.5. The number of esters is 1. The molecule has 0 bridgehead atoms. The highest BCUT2D eigenvalue weighted by molar-refractivity contribution is 6.30. The lowest BCUT2D eigenvalue weighted by Crippen LogP contribution is -2.14. The highest BCUT2D eigenvalue weighted by atomic mass is 35.5. The molecule has 1 rings (SSSR count). The number of hydrogen-bond donors (Lipinski definition) is 1. The zero-order chi connectivity index (χ0) is 14.3. The van der Waals surface area contributed by atoms with Crippen LogP contribution < -0.4 is 0 Å². The van der Waals surface area contributed by atoms with Crippen molar-refractivity contribution >= 4 is 17.6 Å². The fourth-order valence-electron chi connectivity index (χ4n) is 1.77. The van der Waals surface area contributed by atoms with Crippen LogP contribution in [0, 0.1) is 5.92 Å². The highest BCUT2D eigenvalue weighted by Crippen LogP contribution is 2.21. The Morgan fingerprint density at radius 3 is 2.89 bits per heavy atom. The molecule has 0 aromatic carbocycles. The molecular formula is C14H20ClNO3. The van der Waals surface area contributed by atoms with E-state index in [1.165, 1.54) is 0 Å². The molecule has 0 amide bonds. The minimum absolute atomic E-state index is 0.139. The summed E-state index contributed by atoms with van der Waals surface area (Å²) in [7, 11) is 0. The van der Waals surface area contributed by atoms with E-state index in [2.05, 4.69) is 4.98 Å². The number of carbonyl (C=O) groups is 1. The third kappa shape index (κ3) is 5.57. The summed E-state index contributed by atoms with van der Waals surface area (Å²) in [6.07, 6.45) is 2.90. The number of nitrogens with zero attached hydrogens (tertiary/aromatic N) is 1. The molecule has 2 unspecified atom stereocenters. The number of ether oxygens (including phenoxy) is 1. The van der Waals surface area contributed by atoms with Gasteiger partial charge in [-0.2, -0.15) is 0 Å². The topological polar surface area (TPSA) is 59.4 Å². The van der Waals surface area contributed by atoms with Crippen molar-refractivity contribution in [3.05, 3.63) is 29.0 Å². The quantitative estimate of drug-likeness (QED) is 0.782. The molecule has 5 heteroatoms. The molecule has 0 spiro atoms. The first-order valence-electron chi connectivity index (χ1n) is 6.50. The monoisotopic (exact) mass is 285 g/mol. The molecule has 1 aromatic rings. The number of rotatable bonds is 7. The molecule has 0 saturated carbocycles. The van der Waals surface area contributed by atoms with E-state index >= 15 is 0 Å². The molecule has 0 radical (unpaired) electrons. The van der Waals surface area contributed by atoms with Crippen LogP contribution in [-0.4, -0.2) is 22.7 Å². The van der Waals surface area contributed by atoms with Crippen LogP contribution in [0.3, 0.4) is 0 Å². The van der Waals surface area contributed by atoms with Gasteiger partial charge in [-0.15, -0.1) is 0 Å². The van der Waals surface area contributed by atoms with Crippen molar-refractivity contribution in [1.82, 2.24) is 4.98 Å². The predicted molar refractivity (Wildman–Crippen MR) is 73.9 cm³/mol. The van der Waals surface area contributed by atoms with Crippen LogP contribution in [0.15, 0.2) is 18.3 Å². The van der Waals surface area contributed by atoms with Crippen LogP contribution in [-0.2, 0) is 9.53 Å². The lowest BCUT2D eigenvalue weighted by molar-refractivity contribution is -0.147. The standard InChI is InChI=1S/C14H20ClNO3/c1-3-19-14(18)10(2)5-4-6-13(17)12-9-11(15)7-8-16-12/h7-10,13,17H,3-6H2,1-2H3. The first-order chi connectivity index (χ1) is 9.04. The smallest absolute Gasteiger partial charge is 0.308 e. The third-order valence-corrected chi connectivity index (χ3v) is 3.12. The molecule has 106 valence electrons. The van der Waals surface area contributed by atoms with Gasteiger partial charge in [0.2, 0.25) is 0 Å². The minimum atomic E-state index is -0.645. The molecule has 0 fully saturated rings. The number of aliphatic hydroxyl groups excluding tert-OH is 1. The third-order valence-electron chi connectivity index (χ3n) is 2.89. The Hall–Kier alpha value is -1.13. The maximum atomic E-state index is 11.4. The second-order valence-electron chi connectivity index (χ2n) is 4.50. The summed E-state index contributed by atoms with van der Waals surface area (Å²) < 4.78 is 4.93. The lowest BCUT2D eigenvalue weighted by atomic mass is 10.0. The maximum absolute atomic E-state index is 11.4. The SMILES string of the molecule is CCOC(=O)C(C)CCCC(O)c1cc(Cl)ccn1. The van der Waals surface area contributed by atoms with Crippen LogP contribution in [0.1, 0.15) is 44.9 Å². The van der Waals surface area contributed by atoms with Gasteiger partial charge < -0.3 is 9.84 Å². The van der Waals surface area contributed by atoms with Gasteiger partial charge in [0.25, 0.3) is 0 Å². The summed E-state index contributed by atoms with van der Waals surface area (Å²) in [6.45, 7) is 4.03. The minimum Gasteiger partial charge on any atom is -0.466 e. The second-order valence-corrected chi connectivity index (χ2v) is 4.94. The van der Waals surface area contributed by atoms with E-state index in [0.717, 1.165) is 6.42 Å². The van der Waals surface area contributed by atoms with E-state index in [1.54, 1.807) is 25.3 Å². The number of carbonyl (C=O) groups excluding carboxylic acids is 1. The van der Waals surface area contributed by atoms with E-state index in [4.69, 9.17) is 16.3 Å². The fraction of sp³-hybridized carbons (Fsp3) is 0.571. The number of hydrogen-bond acceptors (Lipinski definition) is 4. The Morgan fingerprint density at radius 2 is 2.26 bits per heavy atom. The van der Waals surface area contributed by atoms with Crippen molar-refractivity contribution in [3.63, 3.8) is 0 Å². The Kier molecular flexibility index (Phi) is 6.81. The molecule has 0 saturated heterocycles. The molecule has 1 N–H and O–H groups in total. The van der Waals surface area contributed by atoms with Gasteiger partial charge in [-0.05, 0) is 38.3 Å². The van der Waals surface area contributed by atoms with E-state index in [-0.39, 0.29) is 11.9 Å². The average Bonchev–Trinajstić information content (AvgIpc) is 2.38. The average molecular weight is 286 g/mol. The number of aromatic nitrogens is 1. The number of halogens is 1. The molecule has 0 aliphatic heterocycles. The molecular weight excluding hydrogens is 266 g/mol. The van der Waals surface area contributed by atoms with Gasteiger partial charge in [0.15, 0.2) is 0 Å². The van der Waals surface area contributed by atoms with E-state index in [9.17, 15) is 9.90 Å². The van der Waals surface area contributed by atoms with Crippen molar-refractivity contribution in [3.8, 4) is 0 Å². The van der Waals surface area contributed by atoms with Gasteiger partial charge in [0, 0.05) is 11.2 Å². The maximum Gasteiger partial charge on any atom is 0.308 e. The van der Waals surface area contributed by atoms with Crippen molar-refractivity contribution in [2.75, 3.05) is 6.61 Å². The molecule has 1 aromatic heterocycles. The number of aliphatic hydroxyl groups is 1. The molecule has 0 aliphatic rings. The molecule has 19 heavy (non-hydrogen) atoms. The first kappa shape index (κ1) is 15.9. The summed E-state index contributed by atoms with van der Waals surface area (Å²) in [6, 6.07) is 3.32. The van der Waals surface area contributed by atoms with Gasteiger partial charge in [-0.25, -0.2) is 0 Å². The van der Waals surface area contributed by atoms with E-state index < -0.39 is 6.10 Å². The van der Waals surface area contributed by atoms with Crippen LogP contribution in [0.2, 0.25) is 5.02 Å². The second kappa shape index (κ2) is 8.12. The predicted octanol–water partition coefficient (Wildman–Crippen LogP) is 3.14. The van der Waals surface area contributed by atoms with Crippen LogP contribution >= 0.6 is 11.6 Å². The van der Waals surface area contributed by atoms with Gasteiger partial charge in [-0.3, -0.25) is 9.78 Å². The molecule has 4 nitrogen and oxygen atoms in total. The summed E-state index contributed by atoms with van der Waals surface area (Å²) in [5.74, 6) is -0.322. The summed E-state index contributed by atoms with van der Waals surface area (Å²) in [5, 5.41) is 10.5.